The maximum Gasteiger partial charge on any atom is 0.362 e. The van der Waals surface area contributed by atoms with E-state index in [2.05, 4.69) is 0 Å². The van der Waals surface area contributed by atoms with Gasteiger partial charge in [-0.3, -0.25) is 4.57 Å². The predicted octanol–water partition coefficient (Wildman–Crippen LogP) is 3.10. The average molecular weight is 255 g/mol. The van der Waals surface area contributed by atoms with E-state index in [1.807, 2.05) is 0 Å². The van der Waals surface area contributed by atoms with Crippen LogP contribution in [0.2, 0.25) is 10.0 Å². The summed E-state index contributed by atoms with van der Waals surface area (Å²) in [6, 6.07) is 4.59. The van der Waals surface area contributed by atoms with Crippen LogP contribution >= 0.6 is 30.8 Å². The van der Waals surface area contributed by atoms with E-state index in [-0.39, 0.29) is 5.02 Å². The molecule has 0 saturated carbocycles. The summed E-state index contributed by atoms with van der Waals surface area (Å²) in [6.07, 6.45) is 0. The molecule has 0 N–H and O–H groups in total. The van der Waals surface area contributed by atoms with E-state index in [1.54, 1.807) is 6.07 Å². The summed E-state index contributed by atoms with van der Waals surface area (Å²) in [5.41, 5.74) is 0. The molecule has 1 rings (SSSR count). The molecule has 1 aromatic carbocycles. The summed E-state index contributed by atoms with van der Waals surface area (Å²) in [4.78, 5) is 0. The molecule has 3 nitrogen and oxygen atoms in total. The van der Waals surface area contributed by atoms with E-state index in [0.717, 1.165) is 0 Å². The normalized spacial score (nSPS) is 11.7. The third kappa shape index (κ3) is 2.30. The lowest BCUT2D eigenvalue weighted by atomic mass is 10.4. The van der Waals surface area contributed by atoms with E-state index in [9.17, 15) is 4.57 Å². The summed E-state index contributed by atoms with van der Waals surface area (Å²) < 4.78 is 21.5. The predicted molar refractivity (Wildman–Crippen MR) is 57.7 cm³/mol. The monoisotopic (exact) mass is 254 g/mol. The molecule has 0 aliphatic carbocycles. The Balaban J connectivity index is 3.25. The van der Waals surface area contributed by atoms with Crippen LogP contribution in [-0.4, -0.2) is 14.2 Å². The second-order valence-corrected chi connectivity index (χ2v) is 5.51. The van der Waals surface area contributed by atoms with Gasteiger partial charge in [0.1, 0.15) is 0 Å². The summed E-state index contributed by atoms with van der Waals surface area (Å²) in [5.74, 6) is 0. The van der Waals surface area contributed by atoms with Crippen molar-refractivity contribution < 1.29 is 13.6 Å². The zero-order valence-electron chi connectivity index (χ0n) is 7.66. The summed E-state index contributed by atoms with van der Waals surface area (Å²) in [5, 5.41) is 1.05. The first-order chi connectivity index (χ1) is 6.53. The average Bonchev–Trinajstić information content (AvgIpc) is 2.17. The molecule has 1 aromatic rings. The quantitative estimate of drug-likeness (QED) is 0.778. The Morgan fingerprint density at radius 1 is 1.21 bits per heavy atom. The van der Waals surface area contributed by atoms with Gasteiger partial charge in [-0.25, -0.2) is 0 Å². The van der Waals surface area contributed by atoms with Crippen LogP contribution in [0.25, 0.3) is 0 Å². The minimum atomic E-state index is -3.28. The highest BCUT2D eigenvalue weighted by atomic mass is 35.5. The van der Waals surface area contributed by atoms with Gasteiger partial charge in [0, 0.05) is 19.2 Å². The Kier molecular flexibility index (Phi) is 3.99. The van der Waals surface area contributed by atoms with Crippen LogP contribution < -0.4 is 5.30 Å². The molecule has 0 unspecified atom stereocenters. The molecule has 0 aliphatic heterocycles. The van der Waals surface area contributed by atoms with Gasteiger partial charge in [0.2, 0.25) is 0 Å². The second kappa shape index (κ2) is 4.65. The molecule has 0 aliphatic rings. The molecule has 0 saturated heterocycles. The number of benzene rings is 1. The molecular weight excluding hydrogens is 246 g/mol. The SMILES string of the molecule is COP(=O)(OC)c1ccc(Cl)cc1Cl. The maximum absolute atomic E-state index is 11.9. The number of halogens is 2. The molecule has 78 valence electrons. The van der Waals surface area contributed by atoms with E-state index >= 15 is 0 Å². The summed E-state index contributed by atoms with van der Waals surface area (Å²) in [7, 11) is -0.680. The van der Waals surface area contributed by atoms with Crippen molar-refractivity contribution in [3.63, 3.8) is 0 Å². The Bertz CT molecular complexity index is 373. The van der Waals surface area contributed by atoms with Crippen LogP contribution in [0.5, 0.6) is 0 Å². The van der Waals surface area contributed by atoms with Crippen molar-refractivity contribution in [3.8, 4) is 0 Å². The molecule has 0 amide bonds. The fraction of sp³-hybridized carbons (Fsp3) is 0.250. The van der Waals surface area contributed by atoms with Crippen LogP contribution in [0.3, 0.4) is 0 Å². The van der Waals surface area contributed by atoms with Crippen molar-refractivity contribution in [2.45, 2.75) is 0 Å². The minimum Gasteiger partial charge on any atom is -0.309 e. The Morgan fingerprint density at radius 2 is 1.79 bits per heavy atom. The largest absolute Gasteiger partial charge is 0.362 e. The first-order valence-electron chi connectivity index (χ1n) is 3.70. The van der Waals surface area contributed by atoms with Crippen LogP contribution in [-0.2, 0) is 13.6 Å². The highest BCUT2D eigenvalue weighted by Gasteiger charge is 2.27. The molecule has 0 spiro atoms. The molecule has 0 aromatic heterocycles. The van der Waals surface area contributed by atoms with Gasteiger partial charge in [0.25, 0.3) is 0 Å². The zero-order valence-corrected chi connectivity index (χ0v) is 10.1. The van der Waals surface area contributed by atoms with Crippen molar-refractivity contribution in [2.24, 2.45) is 0 Å². The van der Waals surface area contributed by atoms with Crippen molar-refractivity contribution in [1.82, 2.24) is 0 Å². The van der Waals surface area contributed by atoms with Crippen molar-refractivity contribution in [2.75, 3.05) is 14.2 Å². The van der Waals surface area contributed by atoms with Gasteiger partial charge >= 0.3 is 7.60 Å². The third-order valence-electron chi connectivity index (χ3n) is 1.69. The fourth-order valence-electron chi connectivity index (χ4n) is 0.975. The van der Waals surface area contributed by atoms with Gasteiger partial charge in [-0.2, -0.15) is 0 Å². The molecule has 0 fully saturated rings. The molecule has 0 atom stereocenters. The summed E-state index contributed by atoms with van der Waals surface area (Å²) in [6.45, 7) is 0. The van der Waals surface area contributed by atoms with Crippen LogP contribution in [0, 0.1) is 0 Å². The lowest BCUT2D eigenvalue weighted by Crippen LogP contribution is -2.08. The van der Waals surface area contributed by atoms with Gasteiger partial charge < -0.3 is 9.05 Å². The van der Waals surface area contributed by atoms with E-state index < -0.39 is 7.60 Å². The number of hydrogen-bond acceptors (Lipinski definition) is 3. The van der Waals surface area contributed by atoms with Gasteiger partial charge in [-0.15, -0.1) is 0 Å². The van der Waals surface area contributed by atoms with Gasteiger partial charge in [0.05, 0.1) is 10.3 Å². The van der Waals surface area contributed by atoms with Crippen LogP contribution in [0.15, 0.2) is 18.2 Å². The highest BCUT2D eigenvalue weighted by molar-refractivity contribution is 7.62. The van der Waals surface area contributed by atoms with Crippen molar-refractivity contribution in [1.29, 1.82) is 0 Å². The first-order valence-corrected chi connectivity index (χ1v) is 6.00. The minimum absolute atomic E-state index is 0.268. The Labute approximate surface area is 92.5 Å². The van der Waals surface area contributed by atoms with Crippen molar-refractivity contribution in [3.05, 3.63) is 28.2 Å². The molecule has 14 heavy (non-hydrogen) atoms. The van der Waals surface area contributed by atoms with Gasteiger partial charge in [-0.05, 0) is 18.2 Å². The van der Waals surface area contributed by atoms with Crippen molar-refractivity contribution >= 4 is 36.1 Å². The first kappa shape index (κ1) is 12.0. The molecule has 0 heterocycles. The lowest BCUT2D eigenvalue weighted by Gasteiger charge is -2.14. The summed E-state index contributed by atoms with van der Waals surface area (Å²) >= 11 is 11.6. The van der Waals surface area contributed by atoms with E-state index in [4.69, 9.17) is 32.2 Å². The molecule has 0 bridgehead atoms. The van der Waals surface area contributed by atoms with Crippen LogP contribution in [0.4, 0.5) is 0 Å². The zero-order chi connectivity index (χ0) is 10.8. The van der Waals surface area contributed by atoms with E-state index in [0.29, 0.717) is 10.3 Å². The number of rotatable bonds is 3. The lowest BCUT2D eigenvalue weighted by molar-refractivity contribution is 0.287. The topological polar surface area (TPSA) is 35.5 Å². The third-order valence-corrected chi connectivity index (χ3v) is 4.31. The highest BCUT2D eigenvalue weighted by Crippen LogP contribution is 2.47. The molecule has 6 heteroatoms. The van der Waals surface area contributed by atoms with Gasteiger partial charge in [0.15, 0.2) is 0 Å². The Hall–Kier alpha value is -0.0500. The molecule has 0 radical (unpaired) electrons. The van der Waals surface area contributed by atoms with Crippen LogP contribution in [0.1, 0.15) is 0 Å². The number of hydrogen-bond donors (Lipinski definition) is 0. The standard InChI is InChI=1S/C8H9Cl2O3P/c1-12-14(11,13-2)8-4-3-6(9)5-7(8)10/h3-5H,1-2H3. The fourth-order valence-corrected chi connectivity index (χ4v) is 2.82. The van der Waals surface area contributed by atoms with E-state index in [1.165, 1.54) is 26.4 Å². The van der Waals surface area contributed by atoms with Gasteiger partial charge in [-0.1, -0.05) is 23.2 Å². The second-order valence-electron chi connectivity index (χ2n) is 2.46. The smallest absolute Gasteiger partial charge is 0.309 e. The maximum atomic E-state index is 11.9. The molecular formula is C8H9Cl2O3P. The Morgan fingerprint density at radius 3 is 2.21 bits per heavy atom.